The van der Waals surface area contributed by atoms with Gasteiger partial charge in [0.1, 0.15) is 0 Å². The third kappa shape index (κ3) is 2.47. The van der Waals surface area contributed by atoms with Crippen LogP contribution < -0.4 is 10.6 Å². The summed E-state index contributed by atoms with van der Waals surface area (Å²) in [6, 6.07) is 0.581. The Morgan fingerprint density at radius 1 is 1.36 bits per heavy atom. The van der Waals surface area contributed by atoms with Crippen molar-refractivity contribution in [2.24, 2.45) is 5.92 Å². The van der Waals surface area contributed by atoms with Crippen LogP contribution in [0.4, 0.5) is 0 Å². The van der Waals surface area contributed by atoms with E-state index in [0.717, 1.165) is 31.7 Å². The molecule has 1 aliphatic carbocycles. The molecule has 0 aromatic heterocycles. The first-order chi connectivity index (χ1) is 6.77. The van der Waals surface area contributed by atoms with E-state index >= 15 is 0 Å². The lowest BCUT2D eigenvalue weighted by atomic mass is 10.1. The molecule has 1 aliphatic heterocycles. The fraction of sp³-hybridized carbons (Fsp3) is 0.909. The lowest BCUT2D eigenvalue weighted by molar-refractivity contribution is -0.123. The molecule has 2 unspecified atom stereocenters. The molecule has 1 heterocycles. The summed E-state index contributed by atoms with van der Waals surface area (Å²) in [6.07, 6.45) is 5.96. The Kier molecular flexibility index (Phi) is 3.06. The average Bonchev–Trinajstić information content (AvgIpc) is 2.95. The molecular formula is C11H20N2O. The standard InChI is InChI=1S/C11H20N2O/c1-8(9-5-6-9)13-10-4-2-3-7-12-11(10)14/h8-10,13H,2-7H2,1H3,(H,12,14). The van der Waals surface area contributed by atoms with Gasteiger partial charge in [-0.25, -0.2) is 0 Å². The molecular weight excluding hydrogens is 176 g/mol. The smallest absolute Gasteiger partial charge is 0.237 e. The van der Waals surface area contributed by atoms with E-state index in [9.17, 15) is 4.79 Å². The molecule has 14 heavy (non-hydrogen) atoms. The second kappa shape index (κ2) is 4.30. The lowest BCUT2D eigenvalue weighted by Crippen LogP contribution is -2.47. The number of carbonyl (C=O) groups is 1. The van der Waals surface area contributed by atoms with Gasteiger partial charge in [0.25, 0.3) is 0 Å². The summed E-state index contributed by atoms with van der Waals surface area (Å²) in [5.41, 5.74) is 0. The SMILES string of the molecule is CC(NC1CCCCNC1=O)C1CC1. The fourth-order valence-corrected chi connectivity index (χ4v) is 2.15. The van der Waals surface area contributed by atoms with Crippen molar-refractivity contribution in [2.75, 3.05) is 6.54 Å². The van der Waals surface area contributed by atoms with E-state index in [0.29, 0.717) is 6.04 Å². The van der Waals surface area contributed by atoms with Crippen LogP contribution in [0, 0.1) is 5.92 Å². The Balaban J connectivity index is 1.83. The second-order valence-corrected chi connectivity index (χ2v) is 4.63. The lowest BCUT2D eigenvalue weighted by Gasteiger charge is -2.20. The van der Waals surface area contributed by atoms with Gasteiger partial charge in [0.2, 0.25) is 5.91 Å². The molecule has 0 aromatic rings. The number of amides is 1. The van der Waals surface area contributed by atoms with Gasteiger partial charge in [0, 0.05) is 12.6 Å². The summed E-state index contributed by atoms with van der Waals surface area (Å²) >= 11 is 0. The maximum absolute atomic E-state index is 11.6. The molecule has 0 bridgehead atoms. The summed E-state index contributed by atoms with van der Waals surface area (Å²) < 4.78 is 0. The van der Waals surface area contributed by atoms with E-state index in [-0.39, 0.29) is 11.9 Å². The van der Waals surface area contributed by atoms with Crippen molar-refractivity contribution in [1.29, 1.82) is 0 Å². The van der Waals surface area contributed by atoms with Gasteiger partial charge < -0.3 is 10.6 Å². The molecule has 2 rings (SSSR count). The number of nitrogens with one attached hydrogen (secondary N) is 2. The van der Waals surface area contributed by atoms with Crippen LogP contribution in [0.25, 0.3) is 0 Å². The Morgan fingerprint density at radius 2 is 2.14 bits per heavy atom. The number of hydrogen-bond acceptors (Lipinski definition) is 2. The Hall–Kier alpha value is -0.570. The average molecular weight is 196 g/mol. The largest absolute Gasteiger partial charge is 0.355 e. The van der Waals surface area contributed by atoms with Crippen molar-refractivity contribution < 1.29 is 4.79 Å². The maximum atomic E-state index is 11.6. The normalized spacial score (nSPS) is 30.6. The van der Waals surface area contributed by atoms with Gasteiger partial charge in [-0.3, -0.25) is 4.79 Å². The Labute approximate surface area is 85.6 Å². The molecule has 2 fully saturated rings. The molecule has 3 nitrogen and oxygen atoms in total. The van der Waals surface area contributed by atoms with Crippen molar-refractivity contribution in [1.82, 2.24) is 10.6 Å². The van der Waals surface area contributed by atoms with Gasteiger partial charge in [0.05, 0.1) is 6.04 Å². The minimum absolute atomic E-state index is 0.0631. The van der Waals surface area contributed by atoms with Crippen molar-refractivity contribution >= 4 is 5.91 Å². The van der Waals surface area contributed by atoms with E-state index in [1.807, 2.05) is 0 Å². The summed E-state index contributed by atoms with van der Waals surface area (Å²) in [5, 5.41) is 6.42. The number of carbonyl (C=O) groups excluding carboxylic acids is 1. The minimum atomic E-state index is 0.0631. The van der Waals surface area contributed by atoms with Gasteiger partial charge in [-0.2, -0.15) is 0 Å². The predicted molar refractivity (Wildman–Crippen MR) is 56.0 cm³/mol. The molecule has 2 aliphatic rings. The van der Waals surface area contributed by atoms with Gasteiger partial charge in [-0.1, -0.05) is 0 Å². The molecule has 0 radical (unpaired) electrons. The van der Waals surface area contributed by atoms with Crippen LogP contribution in [0.1, 0.15) is 39.0 Å². The van der Waals surface area contributed by atoms with Gasteiger partial charge >= 0.3 is 0 Å². The zero-order valence-corrected chi connectivity index (χ0v) is 8.88. The van der Waals surface area contributed by atoms with Crippen molar-refractivity contribution in [3.05, 3.63) is 0 Å². The second-order valence-electron chi connectivity index (χ2n) is 4.63. The van der Waals surface area contributed by atoms with E-state index in [2.05, 4.69) is 17.6 Å². The third-order valence-corrected chi connectivity index (χ3v) is 3.33. The van der Waals surface area contributed by atoms with Crippen LogP contribution in [0.3, 0.4) is 0 Å². The molecule has 2 N–H and O–H groups in total. The van der Waals surface area contributed by atoms with E-state index in [4.69, 9.17) is 0 Å². The van der Waals surface area contributed by atoms with Crippen molar-refractivity contribution in [3.8, 4) is 0 Å². The molecule has 80 valence electrons. The molecule has 1 saturated heterocycles. The molecule has 3 heteroatoms. The van der Waals surface area contributed by atoms with Crippen molar-refractivity contribution in [2.45, 2.75) is 51.1 Å². The highest BCUT2D eigenvalue weighted by Gasteiger charge is 2.31. The van der Waals surface area contributed by atoms with E-state index in [1.165, 1.54) is 12.8 Å². The first-order valence-electron chi connectivity index (χ1n) is 5.81. The Bertz CT molecular complexity index is 213. The Morgan fingerprint density at radius 3 is 2.86 bits per heavy atom. The van der Waals surface area contributed by atoms with Gasteiger partial charge in [-0.05, 0) is 44.9 Å². The minimum Gasteiger partial charge on any atom is -0.355 e. The number of rotatable bonds is 3. The summed E-state index contributed by atoms with van der Waals surface area (Å²) in [4.78, 5) is 11.6. The molecule has 2 atom stereocenters. The summed E-state index contributed by atoms with van der Waals surface area (Å²) in [7, 11) is 0. The maximum Gasteiger partial charge on any atom is 0.237 e. The van der Waals surface area contributed by atoms with Crippen molar-refractivity contribution in [3.63, 3.8) is 0 Å². The van der Waals surface area contributed by atoms with E-state index in [1.54, 1.807) is 0 Å². The first kappa shape index (κ1) is 9.97. The number of hydrogen-bond donors (Lipinski definition) is 2. The molecule has 1 saturated carbocycles. The predicted octanol–water partition coefficient (Wildman–Crippen LogP) is 1.04. The van der Waals surface area contributed by atoms with Crippen LogP contribution in [-0.2, 0) is 4.79 Å². The van der Waals surface area contributed by atoms with Gasteiger partial charge in [-0.15, -0.1) is 0 Å². The quantitative estimate of drug-likeness (QED) is 0.708. The third-order valence-electron chi connectivity index (χ3n) is 3.33. The topological polar surface area (TPSA) is 41.1 Å². The van der Waals surface area contributed by atoms with E-state index < -0.39 is 0 Å². The van der Waals surface area contributed by atoms with Crippen LogP contribution in [0.5, 0.6) is 0 Å². The highest BCUT2D eigenvalue weighted by molar-refractivity contribution is 5.81. The zero-order chi connectivity index (χ0) is 9.97. The summed E-state index contributed by atoms with van der Waals surface area (Å²) in [5.74, 6) is 1.03. The monoisotopic (exact) mass is 196 g/mol. The first-order valence-corrected chi connectivity index (χ1v) is 5.81. The van der Waals surface area contributed by atoms with Crippen LogP contribution in [0.15, 0.2) is 0 Å². The zero-order valence-electron chi connectivity index (χ0n) is 8.88. The van der Waals surface area contributed by atoms with Crippen LogP contribution >= 0.6 is 0 Å². The molecule has 0 aromatic carbocycles. The van der Waals surface area contributed by atoms with Crippen LogP contribution in [-0.4, -0.2) is 24.5 Å². The molecule has 1 amide bonds. The van der Waals surface area contributed by atoms with Crippen LogP contribution in [0.2, 0.25) is 0 Å². The summed E-state index contributed by atoms with van der Waals surface area (Å²) in [6.45, 7) is 3.06. The fourth-order valence-electron chi connectivity index (χ4n) is 2.15. The highest BCUT2D eigenvalue weighted by atomic mass is 16.2. The van der Waals surface area contributed by atoms with Gasteiger partial charge in [0.15, 0.2) is 0 Å². The molecule has 0 spiro atoms. The highest BCUT2D eigenvalue weighted by Crippen LogP contribution is 2.32.